The van der Waals surface area contributed by atoms with E-state index in [1.54, 1.807) is 0 Å². The van der Waals surface area contributed by atoms with Crippen LogP contribution in [0.5, 0.6) is 0 Å². The molecule has 100 valence electrons. The summed E-state index contributed by atoms with van der Waals surface area (Å²) in [5.41, 5.74) is 4.35. The smallest absolute Gasteiger partial charge is 0.134 e. The van der Waals surface area contributed by atoms with Crippen molar-refractivity contribution < 1.29 is 0 Å². The zero-order valence-electron chi connectivity index (χ0n) is 11.7. The van der Waals surface area contributed by atoms with E-state index in [1.165, 1.54) is 5.56 Å². The maximum atomic E-state index is 4.55. The molecule has 0 unspecified atom stereocenters. The summed E-state index contributed by atoms with van der Waals surface area (Å²) in [6, 6.07) is 20.5. The van der Waals surface area contributed by atoms with E-state index in [0.717, 1.165) is 22.9 Å². The molecule has 0 bridgehead atoms. The van der Waals surface area contributed by atoms with Crippen molar-refractivity contribution in [2.24, 2.45) is 0 Å². The molecule has 0 amide bonds. The summed E-state index contributed by atoms with van der Waals surface area (Å²) < 4.78 is 1.93. The quantitative estimate of drug-likeness (QED) is 0.766. The zero-order valence-corrected chi connectivity index (χ0v) is 11.7. The predicted molar refractivity (Wildman–Crippen MR) is 82.8 cm³/mol. The lowest BCUT2D eigenvalue weighted by Gasteiger charge is -2.10. The van der Waals surface area contributed by atoms with Gasteiger partial charge in [0.2, 0.25) is 0 Å². The number of nitrogens with zero attached hydrogens (tertiary/aromatic N) is 2. The molecule has 0 aliphatic rings. The Morgan fingerprint density at radius 2 is 1.70 bits per heavy atom. The molecule has 3 aromatic rings. The van der Waals surface area contributed by atoms with Crippen LogP contribution in [0.4, 0.5) is 11.5 Å². The fourth-order valence-corrected chi connectivity index (χ4v) is 2.23. The van der Waals surface area contributed by atoms with Crippen LogP contribution < -0.4 is 5.32 Å². The van der Waals surface area contributed by atoms with Crippen molar-refractivity contribution in [3.63, 3.8) is 0 Å². The first-order chi connectivity index (χ1) is 9.72. The Morgan fingerprint density at radius 1 is 0.900 bits per heavy atom. The molecule has 0 fully saturated rings. The van der Waals surface area contributed by atoms with E-state index in [1.807, 2.05) is 48.0 Å². The van der Waals surface area contributed by atoms with Gasteiger partial charge in [0.1, 0.15) is 5.82 Å². The normalized spacial score (nSPS) is 10.5. The average Bonchev–Trinajstić information content (AvgIpc) is 2.80. The Morgan fingerprint density at radius 3 is 2.45 bits per heavy atom. The highest BCUT2D eigenvalue weighted by Gasteiger charge is 2.07. The van der Waals surface area contributed by atoms with Crippen molar-refractivity contribution in [1.82, 2.24) is 9.78 Å². The van der Waals surface area contributed by atoms with Crippen LogP contribution >= 0.6 is 0 Å². The van der Waals surface area contributed by atoms with Crippen LogP contribution in [0.2, 0.25) is 0 Å². The minimum atomic E-state index is 0.972. The molecule has 0 radical (unpaired) electrons. The Balaban J connectivity index is 1.98. The molecule has 2 aromatic carbocycles. The summed E-state index contributed by atoms with van der Waals surface area (Å²) in [6.07, 6.45) is 0. The van der Waals surface area contributed by atoms with Gasteiger partial charge in [0.25, 0.3) is 0 Å². The zero-order chi connectivity index (χ0) is 13.9. The van der Waals surface area contributed by atoms with Crippen LogP contribution in [0, 0.1) is 13.8 Å². The predicted octanol–water partition coefficient (Wildman–Crippen LogP) is 4.23. The molecule has 3 heteroatoms. The largest absolute Gasteiger partial charge is 0.340 e. The summed E-state index contributed by atoms with van der Waals surface area (Å²) >= 11 is 0. The second-order valence-electron chi connectivity index (χ2n) is 4.91. The van der Waals surface area contributed by atoms with Gasteiger partial charge >= 0.3 is 0 Å². The van der Waals surface area contributed by atoms with E-state index < -0.39 is 0 Å². The molecular weight excluding hydrogens is 246 g/mol. The third kappa shape index (κ3) is 2.57. The molecule has 3 rings (SSSR count). The number of aryl methyl sites for hydroxylation is 2. The second kappa shape index (κ2) is 5.21. The fourth-order valence-electron chi connectivity index (χ4n) is 2.23. The van der Waals surface area contributed by atoms with Crippen LogP contribution in [0.25, 0.3) is 5.69 Å². The van der Waals surface area contributed by atoms with Gasteiger partial charge in [-0.2, -0.15) is 5.10 Å². The van der Waals surface area contributed by atoms with Gasteiger partial charge in [0.05, 0.1) is 11.4 Å². The summed E-state index contributed by atoms with van der Waals surface area (Å²) in [6.45, 7) is 4.09. The van der Waals surface area contributed by atoms with Crippen LogP contribution in [0.1, 0.15) is 11.3 Å². The van der Waals surface area contributed by atoms with Gasteiger partial charge in [-0.05, 0) is 43.7 Å². The van der Waals surface area contributed by atoms with Crippen molar-refractivity contribution in [3.05, 3.63) is 71.9 Å². The molecule has 1 heterocycles. The minimum absolute atomic E-state index is 0.972. The van der Waals surface area contributed by atoms with Crippen LogP contribution in [-0.4, -0.2) is 9.78 Å². The Labute approximate surface area is 118 Å². The molecule has 0 saturated heterocycles. The summed E-state index contributed by atoms with van der Waals surface area (Å²) in [5.74, 6) is 0.972. The van der Waals surface area contributed by atoms with E-state index >= 15 is 0 Å². The van der Waals surface area contributed by atoms with Crippen molar-refractivity contribution in [2.75, 3.05) is 5.32 Å². The Kier molecular flexibility index (Phi) is 3.25. The molecule has 1 N–H and O–H groups in total. The van der Waals surface area contributed by atoms with Crippen LogP contribution in [0.15, 0.2) is 60.7 Å². The summed E-state index contributed by atoms with van der Waals surface area (Å²) in [7, 11) is 0. The monoisotopic (exact) mass is 263 g/mol. The molecular formula is C17H17N3. The van der Waals surface area contributed by atoms with E-state index in [-0.39, 0.29) is 0 Å². The molecule has 0 aliphatic heterocycles. The highest BCUT2D eigenvalue weighted by atomic mass is 15.3. The molecule has 0 saturated carbocycles. The maximum absolute atomic E-state index is 4.55. The lowest BCUT2D eigenvalue weighted by molar-refractivity contribution is 0.869. The van der Waals surface area contributed by atoms with Crippen molar-refractivity contribution >= 4 is 11.5 Å². The van der Waals surface area contributed by atoms with E-state index in [4.69, 9.17) is 0 Å². The van der Waals surface area contributed by atoms with Crippen LogP contribution in [0.3, 0.4) is 0 Å². The minimum Gasteiger partial charge on any atom is -0.340 e. The van der Waals surface area contributed by atoms with Gasteiger partial charge in [-0.15, -0.1) is 0 Å². The molecule has 0 atom stereocenters. The number of rotatable bonds is 3. The number of aromatic nitrogens is 2. The first-order valence-electron chi connectivity index (χ1n) is 6.68. The molecule has 0 spiro atoms. The van der Waals surface area contributed by atoms with E-state index in [2.05, 4.69) is 41.6 Å². The number of para-hydroxylation sites is 1. The molecule has 3 nitrogen and oxygen atoms in total. The van der Waals surface area contributed by atoms with E-state index in [9.17, 15) is 0 Å². The van der Waals surface area contributed by atoms with Gasteiger partial charge in [-0.25, -0.2) is 4.68 Å². The second-order valence-corrected chi connectivity index (χ2v) is 4.91. The Bertz CT molecular complexity index is 714. The molecule has 0 aliphatic carbocycles. The highest BCUT2D eigenvalue weighted by Crippen LogP contribution is 2.21. The van der Waals surface area contributed by atoms with Gasteiger partial charge in [0.15, 0.2) is 0 Å². The number of nitrogens with one attached hydrogen (secondary N) is 1. The van der Waals surface area contributed by atoms with Gasteiger partial charge in [-0.3, -0.25) is 0 Å². The molecule has 20 heavy (non-hydrogen) atoms. The maximum Gasteiger partial charge on any atom is 0.134 e. The standard InChI is InChI=1S/C17H17N3/c1-13-7-6-8-15(11-13)18-17-12-14(2)19-20(17)16-9-4-3-5-10-16/h3-12,18H,1-2H3. The topological polar surface area (TPSA) is 29.9 Å². The van der Waals surface area contributed by atoms with E-state index in [0.29, 0.717) is 0 Å². The first-order valence-corrected chi connectivity index (χ1v) is 6.68. The van der Waals surface area contributed by atoms with Gasteiger partial charge in [-0.1, -0.05) is 30.3 Å². The van der Waals surface area contributed by atoms with Crippen molar-refractivity contribution in [3.8, 4) is 5.69 Å². The van der Waals surface area contributed by atoms with Gasteiger partial charge < -0.3 is 5.32 Å². The van der Waals surface area contributed by atoms with Gasteiger partial charge in [0, 0.05) is 11.8 Å². The SMILES string of the molecule is Cc1cccc(Nc2cc(C)nn2-c2ccccc2)c1. The lowest BCUT2D eigenvalue weighted by Crippen LogP contribution is -2.02. The summed E-state index contributed by atoms with van der Waals surface area (Å²) in [4.78, 5) is 0. The summed E-state index contributed by atoms with van der Waals surface area (Å²) in [5, 5.41) is 7.99. The number of anilines is 2. The molecule has 1 aromatic heterocycles. The highest BCUT2D eigenvalue weighted by molar-refractivity contribution is 5.59. The number of hydrogen-bond donors (Lipinski definition) is 1. The van der Waals surface area contributed by atoms with Crippen molar-refractivity contribution in [2.45, 2.75) is 13.8 Å². The van der Waals surface area contributed by atoms with Crippen molar-refractivity contribution in [1.29, 1.82) is 0 Å². The third-order valence-electron chi connectivity index (χ3n) is 3.12. The Hall–Kier alpha value is -2.55. The average molecular weight is 263 g/mol. The number of benzene rings is 2. The number of hydrogen-bond acceptors (Lipinski definition) is 2. The van der Waals surface area contributed by atoms with Crippen LogP contribution in [-0.2, 0) is 0 Å². The lowest BCUT2D eigenvalue weighted by atomic mass is 10.2. The first kappa shape index (κ1) is 12.5. The third-order valence-corrected chi connectivity index (χ3v) is 3.12. The fraction of sp³-hybridized carbons (Fsp3) is 0.118.